The second-order valence-electron chi connectivity index (χ2n) is 6.96. The predicted octanol–water partition coefficient (Wildman–Crippen LogP) is 7.55. The summed E-state index contributed by atoms with van der Waals surface area (Å²) >= 11 is 3.59. The molecule has 2 aromatic carbocycles. The maximum Gasteiger partial charge on any atom is 0.0656 e. The van der Waals surface area contributed by atoms with Crippen molar-refractivity contribution in [1.29, 1.82) is 0 Å². The SMILES string of the molecule is C#Cc1cccc(-c2csc([C@@](C)(NC)C(C=C)Sc3ccccc3)c2)c1.C=CNC.CC. The van der Waals surface area contributed by atoms with Crippen LogP contribution in [0.15, 0.2) is 96.4 Å². The number of nitrogens with one attached hydrogen (secondary N) is 2. The Morgan fingerprint density at radius 2 is 1.70 bits per heavy atom. The van der Waals surface area contributed by atoms with Gasteiger partial charge in [-0.25, -0.2) is 0 Å². The summed E-state index contributed by atoms with van der Waals surface area (Å²) in [5.41, 5.74) is 3.02. The van der Waals surface area contributed by atoms with Crippen molar-refractivity contribution in [2.75, 3.05) is 14.1 Å². The summed E-state index contributed by atoms with van der Waals surface area (Å²) in [7, 11) is 3.83. The van der Waals surface area contributed by atoms with Gasteiger partial charge >= 0.3 is 0 Å². The molecule has 0 aliphatic rings. The van der Waals surface area contributed by atoms with Gasteiger partial charge in [0, 0.05) is 22.4 Å². The summed E-state index contributed by atoms with van der Waals surface area (Å²) in [6, 6.07) is 20.9. The number of thiophene rings is 1. The van der Waals surface area contributed by atoms with E-state index in [4.69, 9.17) is 6.42 Å². The molecule has 0 aliphatic heterocycles. The monoisotopic (exact) mass is 476 g/mol. The summed E-state index contributed by atoms with van der Waals surface area (Å²) in [6.45, 7) is 13.7. The zero-order valence-electron chi connectivity index (χ0n) is 20.4. The van der Waals surface area contributed by atoms with Crippen LogP contribution in [-0.2, 0) is 5.54 Å². The summed E-state index contributed by atoms with van der Waals surface area (Å²) in [5, 5.41) is 8.62. The molecule has 4 heteroatoms. The summed E-state index contributed by atoms with van der Waals surface area (Å²) in [5.74, 6) is 2.71. The van der Waals surface area contributed by atoms with Gasteiger partial charge in [0.15, 0.2) is 0 Å². The Labute approximate surface area is 209 Å². The lowest BCUT2D eigenvalue weighted by Crippen LogP contribution is -2.44. The Bertz CT molecular complexity index is 1020. The van der Waals surface area contributed by atoms with Gasteiger partial charge in [0.2, 0.25) is 0 Å². The van der Waals surface area contributed by atoms with Gasteiger partial charge < -0.3 is 10.6 Å². The van der Waals surface area contributed by atoms with Crippen molar-refractivity contribution in [3.8, 4) is 23.5 Å². The standard InChI is InChI=1S/C24H23NS2.C3H7N.C2H6/c1-5-18-11-10-12-19(15-18)20-16-23(26-17-20)24(3,25-4)22(6-2)27-21-13-8-7-9-14-21;1-3-4-2;1-2/h1,6-17,22,25H,2H2,3-4H3;3-4H,1H2,2H3;1-2H3/t22?,24-;;/m0../s1. The molecule has 2 N–H and O–H groups in total. The van der Waals surface area contributed by atoms with Gasteiger partial charge in [-0.15, -0.1) is 36.1 Å². The van der Waals surface area contributed by atoms with E-state index in [0.29, 0.717) is 0 Å². The van der Waals surface area contributed by atoms with Crippen LogP contribution >= 0.6 is 23.1 Å². The molecule has 0 amide bonds. The molecule has 2 nitrogen and oxygen atoms in total. The largest absolute Gasteiger partial charge is 0.394 e. The van der Waals surface area contributed by atoms with Gasteiger partial charge in [-0.3, -0.25) is 0 Å². The number of hydrogen-bond acceptors (Lipinski definition) is 4. The lowest BCUT2D eigenvalue weighted by Gasteiger charge is -2.35. The van der Waals surface area contributed by atoms with E-state index in [0.717, 1.165) is 11.1 Å². The molecule has 0 saturated heterocycles. The molecular formula is C29H36N2S2. The normalized spacial score (nSPS) is 12.4. The number of hydrogen-bond donors (Lipinski definition) is 2. The Kier molecular flexibility index (Phi) is 13.0. The van der Waals surface area contributed by atoms with E-state index in [9.17, 15) is 0 Å². The predicted molar refractivity (Wildman–Crippen MR) is 151 cm³/mol. The maximum atomic E-state index is 5.55. The molecule has 3 aromatic rings. The molecule has 0 fully saturated rings. The first-order valence-electron chi connectivity index (χ1n) is 11.0. The fourth-order valence-corrected chi connectivity index (χ4v) is 5.39. The zero-order valence-corrected chi connectivity index (χ0v) is 22.0. The van der Waals surface area contributed by atoms with Crippen LogP contribution in [0.1, 0.15) is 31.2 Å². The lowest BCUT2D eigenvalue weighted by molar-refractivity contribution is 0.424. The molecule has 3 rings (SSSR count). The highest BCUT2D eigenvalue weighted by Crippen LogP contribution is 2.41. The highest BCUT2D eigenvalue weighted by molar-refractivity contribution is 8.00. The quantitative estimate of drug-likeness (QED) is 0.199. The van der Waals surface area contributed by atoms with E-state index in [2.05, 4.69) is 84.5 Å². The average Bonchev–Trinajstić information content (AvgIpc) is 3.40. The summed E-state index contributed by atoms with van der Waals surface area (Å²) in [6.07, 6.45) is 9.21. The molecule has 0 radical (unpaired) electrons. The lowest BCUT2D eigenvalue weighted by atomic mass is 9.94. The Balaban J connectivity index is 0.000000820. The minimum atomic E-state index is -0.227. The number of benzene rings is 2. The molecule has 2 atom stereocenters. The van der Waals surface area contributed by atoms with Crippen molar-refractivity contribution in [2.24, 2.45) is 0 Å². The zero-order chi connectivity index (χ0) is 24.7. The Hall–Kier alpha value is -2.71. The van der Waals surface area contributed by atoms with E-state index in [1.165, 1.54) is 15.3 Å². The van der Waals surface area contributed by atoms with Crippen LogP contribution in [0.3, 0.4) is 0 Å². The van der Waals surface area contributed by atoms with Gasteiger partial charge in [-0.2, -0.15) is 0 Å². The number of terminal acetylenes is 1. The smallest absolute Gasteiger partial charge is 0.0656 e. The third-order valence-electron chi connectivity index (χ3n) is 4.99. The van der Waals surface area contributed by atoms with Crippen molar-refractivity contribution >= 4 is 23.1 Å². The van der Waals surface area contributed by atoms with E-state index < -0.39 is 0 Å². The first-order chi connectivity index (χ1) is 16.0. The van der Waals surface area contributed by atoms with Crippen molar-refractivity contribution in [2.45, 2.75) is 36.5 Å². The topological polar surface area (TPSA) is 24.1 Å². The Morgan fingerprint density at radius 3 is 2.24 bits per heavy atom. The fraction of sp³-hybridized carbons (Fsp3) is 0.241. The average molecular weight is 477 g/mol. The third-order valence-corrected chi connectivity index (χ3v) is 7.62. The highest BCUT2D eigenvalue weighted by Gasteiger charge is 2.35. The summed E-state index contributed by atoms with van der Waals surface area (Å²) in [4.78, 5) is 2.52. The van der Waals surface area contributed by atoms with Crippen molar-refractivity contribution < 1.29 is 0 Å². The molecule has 1 heterocycles. The highest BCUT2D eigenvalue weighted by atomic mass is 32.2. The number of rotatable bonds is 8. The number of thioether (sulfide) groups is 1. The molecule has 1 unspecified atom stereocenters. The minimum Gasteiger partial charge on any atom is -0.394 e. The van der Waals surface area contributed by atoms with Gasteiger partial charge in [0.1, 0.15) is 0 Å². The Morgan fingerprint density at radius 1 is 1.03 bits per heavy atom. The van der Waals surface area contributed by atoms with E-state index in [1.807, 2.05) is 64.0 Å². The van der Waals surface area contributed by atoms with Crippen LogP contribution in [0, 0.1) is 12.3 Å². The van der Waals surface area contributed by atoms with Gasteiger partial charge in [-0.1, -0.05) is 62.8 Å². The van der Waals surface area contributed by atoms with Crippen LogP contribution in [0.4, 0.5) is 0 Å². The van der Waals surface area contributed by atoms with Crippen LogP contribution in [0.5, 0.6) is 0 Å². The molecule has 174 valence electrons. The minimum absolute atomic E-state index is 0.188. The van der Waals surface area contributed by atoms with Crippen molar-refractivity contribution in [1.82, 2.24) is 10.6 Å². The van der Waals surface area contributed by atoms with E-state index in [1.54, 1.807) is 17.5 Å². The van der Waals surface area contributed by atoms with Gasteiger partial charge in [0.05, 0.1) is 10.8 Å². The molecule has 0 saturated carbocycles. The van der Waals surface area contributed by atoms with Crippen LogP contribution in [0.2, 0.25) is 0 Å². The second kappa shape index (κ2) is 15.2. The van der Waals surface area contributed by atoms with E-state index >= 15 is 0 Å². The first kappa shape index (κ1) is 28.3. The molecule has 1 aromatic heterocycles. The molecule has 0 bridgehead atoms. The van der Waals surface area contributed by atoms with Gasteiger partial charge in [0.25, 0.3) is 0 Å². The van der Waals surface area contributed by atoms with Crippen molar-refractivity contribution in [3.05, 3.63) is 102 Å². The second-order valence-corrected chi connectivity index (χ2v) is 9.08. The molecule has 0 spiro atoms. The first-order valence-corrected chi connectivity index (χ1v) is 12.8. The fourth-order valence-electron chi connectivity index (χ4n) is 3.00. The van der Waals surface area contributed by atoms with Crippen LogP contribution in [-0.4, -0.2) is 19.3 Å². The third kappa shape index (κ3) is 7.98. The van der Waals surface area contributed by atoms with E-state index in [-0.39, 0.29) is 10.8 Å². The van der Waals surface area contributed by atoms with Crippen LogP contribution < -0.4 is 10.6 Å². The molecular weight excluding hydrogens is 440 g/mol. The molecule has 0 aliphatic carbocycles. The van der Waals surface area contributed by atoms with Crippen molar-refractivity contribution in [3.63, 3.8) is 0 Å². The maximum absolute atomic E-state index is 5.55. The van der Waals surface area contributed by atoms with Crippen LogP contribution in [0.25, 0.3) is 11.1 Å². The van der Waals surface area contributed by atoms with Gasteiger partial charge in [-0.05, 0) is 67.0 Å². The summed E-state index contributed by atoms with van der Waals surface area (Å²) < 4.78 is 0. The molecule has 33 heavy (non-hydrogen) atoms.